The Morgan fingerprint density at radius 1 is 0.806 bits per heavy atom. The van der Waals surface area contributed by atoms with Gasteiger partial charge in [-0.3, -0.25) is 0 Å². The van der Waals surface area contributed by atoms with Crippen molar-refractivity contribution in [3.8, 4) is 11.5 Å². The fourth-order valence-electron chi connectivity index (χ4n) is 6.37. The predicted octanol–water partition coefficient (Wildman–Crippen LogP) is 7.51. The molecular formula is C32H44O4. The molecule has 36 heavy (non-hydrogen) atoms. The van der Waals surface area contributed by atoms with Gasteiger partial charge in [-0.15, -0.1) is 0 Å². The van der Waals surface area contributed by atoms with E-state index in [4.69, 9.17) is 18.9 Å². The van der Waals surface area contributed by atoms with Crippen LogP contribution in [0.2, 0.25) is 0 Å². The molecule has 196 valence electrons. The van der Waals surface area contributed by atoms with Crippen molar-refractivity contribution in [3.05, 3.63) is 59.7 Å². The molecule has 3 unspecified atom stereocenters. The van der Waals surface area contributed by atoms with E-state index in [1.165, 1.54) is 36.8 Å². The highest BCUT2D eigenvalue weighted by molar-refractivity contribution is 5.33. The van der Waals surface area contributed by atoms with Gasteiger partial charge >= 0.3 is 0 Å². The largest absolute Gasteiger partial charge is 0.491 e. The van der Waals surface area contributed by atoms with Crippen LogP contribution in [0.4, 0.5) is 0 Å². The second-order valence-corrected chi connectivity index (χ2v) is 13.1. The lowest BCUT2D eigenvalue weighted by atomic mass is 9.72. The van der Waals surface area contributed by atoms with E-state index in [0.717, 1.165) is 31.1 Å². The number of benzene rings is 2. The molecule has 1 saturated carbocycles. The summed E-state index contributed by atoms with van der Waals surface area (Å²) in [5.41, 5.74) is 3.15. The van der Waals surface area contributed by atoms with Crippen LogP contribution in [0.5, 0.6) is 11.5 Å². The van der Waals surface area contributed by atoms with Crippen molar-refractivity contribution >= 4 is 0 Å². The first-order valence-electron chi connectivity index (χ1n) is 13.9. The van der Waals surface area contributed by atoms with E-state index in [0.29, 0.717) is 24.5 Å². The van der Waals surface area contributed by atoms with Crippen LogP contribution >= 0.6 is 0 Å². The Bertz CT molecular complexity index is 990. The zero-order valence-corrected chi connectivity index (χ0v) is 22.8. The average molecular weight is 493 g/mol. The molecule has 0 N–H and O–H groups in total. The van der Waals surface area contributed by atoms with Gasteiger partial charge in [0.05, 0.1) is 13.2 Å². The van der Waals surface area contributed by atoms with Crippen LogP contribution in [-0.2, 0) is 9.47 Å². The maximum Gasteiger partial charge on any atom is 0.132 e. The molecule has 1 aliphatic carbocycles. The van der Waals surface area contributed by atoms with Gasteiger partial charge in [0.25, 0.3) is 0 Å². The lowest BCUT2D eigenvalue weighted by molar-refractivity contribution is 0.0205. The van der Waals surface area contributed by atoms with Crippen molar-refractivity contribution in [2.24, 2.45) is 10.8 Å². The molecule has 0 radical (unpaired) electrons. The summed E-state index contributed by atoms with van der Waals surface area (Å²) in [5, 5.41) is 0. The fourth-order valence-corrected chi connectivity index (χ4v) is 6.37. The first-order valence-corrected chi connectivity index (χ1v) is 13.9. The minimum absolute atomic E-state index is 0.0414. The molecule has 4 nitrogen and oxygen atoms in total. The van der Waals surface area contributed by atoms with Gasteiger partial charge in [0.2, 0.25) is 0 Å². The summed E-state index contributed by atoms with van der Waals surface area (Å²) < 4.78 is 23.4. The molecule has 0 amide bonds. The molecule has 2 aromatic rings. The van der Waals surface area contributed by atoms with E-state index in [1.807, 2.05) is 0 Å². The van der Waals surface area contributed by atoms with E-state index in [-0.39, 0.29) is 23.0 Å². The minimum Gasteiger partial charge on any atom is -0.491 e. The van der Waals surface area contributed by atoms with Gasteiger partial charge in [0.1, 0.15) is 36.4 Å². The van der Waals surface area contributed by atoms with Gasteiger partial charge in [-0.05, 0) is 84.7 Å². The van der Waals surface area contributed by atoms with Crippen LogP contribution < -0.4 is 9.47 Å². The number of hydrogen-bond acceptors (Lipinski definition) is 4. The molecule has 0 bridgehead atoms. The molecule has 0 spiro atoms. The summed E-state index contributed by atoms with van der Waals surface area (Å²) in [4.78, 5) is 0. The molecule has 3 fully saturated rings. The molecule has 3 atom stereocenters. The first kappa shape index (κ1) is 25.6. The summed E-state index contributed by atoms with van der Waals surface area (Å²) >= 11 is 0. The molecule has 2 aliphatic heterocycles. The Kier molecular flexibility index (Phi) is 7.38. The van der Waals surface area contributed by atoms with Gasteiger partial charge < -0.3 is 18.9 Å². The van der Waals surface area contributed by atoms with Crippen molar-refractivity contribution in [2.75, 3.05) is 19.8 Å². The van der Waals surface area contributed by atoms with Crippen molar-refractivity contribution < 1.29 is 18.9 Å². The summed E-state index contributed by atoms with van der Waals surface area (Å²) in [6.45, 7) is 13.9. The Hall–Kier alpha value is -2.04. The molecule has 3 aliphatic rings. The summed E-state index contributed by atoms with van der Waals surface area (Å²) in [5.74, 6) is 3.17. The molecule has 2 heterocycles. The van der Waals surface area contributed by atoms with E-state index < -0.39 is 0 Å². The second-order valence-electron chi connectivity index (χ2n) is 13.1. The highest BCUT2D eigenvalue weighted by Gasteiger charge is 2.46. The SMILES string of the molecule is CC(C)(C)CC(C)(C)C(Oc1cccc(C2CCC(c3ccc(OCC4CO4)cc3)CC2)c1)C1CO1. The lowest BCUT2D eigenvalue weighted by Gasteiger charge is -2.38. The minimum atomic E-state index is 0.0414. The van der Waals surface area contributed by atoms with Gasteiger partial charge in [-0.1, -0.05) is 58.9 Å². The van der Waals surface area contributed by atoms with Gasteiger partial charge in [-0.2, -0.15) is 0 Å². The zero-order chi connectivity index (χ0) is 25.3. The van der Waals surface area contributed by atoms with E-state index in [1.54, 1.807) is 0 Å². The van der Waals surface area contributed by atoms with Crippen LogP contribution in [-0.4, -0.2) is 38.1 Å². The molecule has 0 aromatic heterocycles. The zero-order valence-electron chi connectivity index (χ0n) is 22.8. The van der Waals surface area contributed by atoms with Crippen LogP contribution in [0.15, 0.2) is 48.5 Å². The van der Waals surface area contributed by atoms with Crippen molar-refractivity contribution in [3.63, 3.8) is 0 Å². The number of epoxide rings is 2. The third-order valence-electron chi connectivity index (χ3n) is 7.96. The van der Waals surface area contributed by atoms with Crippen molar-refractivity contribution in [1.82, 2.24) is 0 Å². The Labute approximate surface area is 217 Å². The molecule has 4 heteroatoms. The average Bonchev–Trinajstić information content (AvgIpc) is 3.75. The highest BCUT2D eigenvalue weighted by atomic mass is 16.6. The fraction of sp³-hybridized carbons (Fsp3) is 0.625. The monoisotopic (exact) mass is 492 g/mol. The first-order chi connectivity index (χ1) is 17.2. The van der Waals surface area contributed by atoms with Crippen molar-refractivity contribution in [2.45, 2.75) is 96.9 Å². The van der Waals surface area contributed by atoms with E-state index >= 15 is 0 Å². The maximum absolute atomic E-state index is 6.68. The number of rotatable bonds is 10. The standard InChI is InChI=1S/C32H44O4/c1-31(2,3)21-32(4,5)30(29-20-35-29)36-27-8-6-7-25(17-27)24-11-9-22(10-12-24)23-13-15-26(16-14-23)33-18-28-19-34-28/h6-8,13-17,22,24,28-30H,9-12,18-21H2,1-5H3. The molecule has 2 aromatic carbocycles. The Morgan fingerprint density at radius 3 is 2.03 bits per heavy atom. The van der Waals surface area contributed by atoms with Crippen molar-refractivity contribution in [1.29, 1.82) is 0 Å². The van der Waals surface area contributed by atoms with Crippen LogP contribution in [0.1, 0.15) is 89.7 Å². The quantitative estimate of drug-likeness (QED) is 0.322. The highest BCUT2D eigenvalue weighted by Crippen LogP contribution is 2.44. The van der Waals surface area contributed by atoms with Gasteiger partial charge in [0.15, 0.2) is 0 Å². The number of ether oxygens (including phenoxy) is 4. The summed E-state index contributed by atoms with van der Waals surface area (Å²) in [6, 6.07) is 17.6. The lowest BCUT2D eigenvalue weighted by Crippen LogP contribution is -2.41. The summed E-state index contributed by atoms with van der Waals surface area (Å²) in [6.07, 6.45) is 6.56. The van der Waals surface area contributed by atoms with E-state index in [2.05, 4.69) is 83.1 Å². The topological polar surface area (TPSA) is 43.5 Å². The predicted molar refractivity (Wildman–Crippen MR) is 144 cm³/mol. The molecule has 5 rings (SSSR count). The molecular weight excluding hydrogens is 448 g/mol. The molecule has 2 saturated heterocycles. The number of hydrogen-bond donors (Lipinski definition) is 0. The van der Waals surface area contributed by atoms with Crippen LogP contribution in [0.25, 0.3) is 0 Å². The Morgan fingerprint density at radius 2 is 1.44 bits per heavy atom. The third-order valence-corrected chi connectivity index (χ3v) is 7.96. The Balaban J connectivity index is 1.18. The summed E-state index contributed by atoms with van der Waals surface area (Å²) in [7, 11) is 0. The van der Waals surface area contributed by atoms with E-state index in [9.17, 15) is 0 Å². The van der Waals surface area contributed by atoms with Crippen LogP contribution in [0, 0.1) is 10.8 Å². The van der Waals surface area contributed by atoms with Crippen LogP contribution in [0.3, 0.4) is 0 Å². The third kappa shape index (κ3) is 6.83. The smallest absolute Gasteiger partial charge is 0.132 e. The second kappa shape index (κ2) is 10.4. The normalized spacial score (nSPS) is 26.8. The van der Waals surface area contributed by atoms with Gasteiger partial charge in [-0.25, -0.2) is 0 Å². The van der Waals surface area contributed by atoms with Gasteiger partial charge in [0, 0.05) is 5.41 Å². The maximum atomic E-state index is 6.68.